The fourth-order valence-electron chi connectivity index (χ4n) is 3.32. The molecule has 8 heteroatoms. The molecule has 1 aromatic carbocycles. The van der Waals surface area contributed by atoms with Gasteiger partial charge in [0, 0.05) is 11.9 Å². The molecule has 0 saturated carbocycles. The maximum absolute atomic E-state index is 6.17. The second-order valence-corrected chi connectivity index (χ2v) is 6.80. The van der Waals surface area contributed by atoms with E-state index in [4.69, 9.17) is 15.7 Å². The number of imidazole rings is 1. The maximum atomic E-state index is 6.17. The van der Waals surface area contributed by atoms with Gasteiger partial charge in [0.2, 0.25) is 0 Å². The van der Waals surface area contributed by atoms with Gasteiger partial charge in [0.25, 0.3) is 0 Å². The van der Waals surface area contributed by atoms with Crippen LogP contribution in [-0.2, 0) is 0 Å². The molecule has 0 aliphatic carbocycles. The van der Waals surface area contributed by atoms with E-state index in [1.54, 1.807) is 12.5 Å². The number of hydrogen-bond acceptors (Lipinski definition) is 6. The average molecular weight is 382 g/mol. The topological polar surface area (TPSA) is 100 Å². The number of nitrogen functional groups attached to an aromatic ring is 1. The van der Waals surface area contributed by atoms with Crippen molar-refractivity contribution in [3.63, 3.8) is 0 Å². The van der Waals surface area contributed by atoms with Crippen LogP contribution in [0.5, 0.6) is 0 Å². The molecule has 0 aliphatic rings. The molecule has 0 unspecified atom stereocenters. The summed E-state index contributed by atoms with van der Waals surface area (Å²) in [7, 11) is 0. The van der Waals surface area contributed by atoms with Crippen LogP contribution in [-0.4, -0.2) is 34.3 Å². The van der Waals surface area contributed by atoms with Crippen molar-refractivity contribution >= 4 is 17.0 Å². The molecule has 5 aromatic rings. The summed E-state index contributed by atoms with van der Waals surface area (Å²) in [4.78, 5) is 13.9. The number of pyridine rings is 2. The summed E-state index contributed by atoms with van der Waals surface area (Å²) in [5, 5.41) is 8.01. The third kappa shape index (κ3) is 2.82. The first-order chi connectivity index (χ1) is 14.1. The number of aryl methyl sites for hydroxylation is 2. The number of nitrogens with two attached hydrogens (primary N) is 1. The Hall–Kier alpha value is -4.07. The second kappa shape index (κ2) is 6.52. The third-order valence-corrected chi connectivity index (χ3v) is 4.83. The molecule has 0 spiro atoms. The van der Waals surface area contributed by atoms with Gasteiger partial charge in [-0.1, -0.05) is 17.7 Å². The molecule has 5 rings (SSSR count). The molecule has 0 amide bonds. The molecule has 0 bridgehead atoms. The molecule has 0 radical (unpaired) electrons. The summed E-state index contributed by atoms with van der Waals surface area (Å²) >= 11 is 0. The van der Waals surface area contributed by atoms with Crippen LogP contribution < -0.4 is 5.73 Å². The quantitative estimate of drug-likeness (QED) is 0.514. The van der Waals surface area contributed by atoms with Crippen LogP contribution in [0.3, 0.4) is 0 Å². The molecule has 29 heavy (non-hydrogen) atoms. The van der Waals surface area contributed by atoms with E-state index < -0.39 is 0 Å². The summed E-state index contributed by atoms with van der Waals surface area (Å²) in [6.45, 7) is 3.94. The number of aromatic nitrogens is 7. The van der Waals surface area contributed by atoms with Gasteiger partial charge >= 0.3 is 0 Å². The molecule has 4 aromatic heterocycles. The molecular weight excluding hydrogens is 364 g/mol. The van der Waals surface area contributed by atoms with Crippen molar-refractivity contribution in [3.8, 4) is 22.9 Å². The van der Waals surface area contributed by atoms with Gasteiger partial charge in [0.1, 0.15) is 29.3 Å². The van der Waals surface area contributed by atoms with E-state index in [9.17, 15) is 0 Å². The van der Waals surface area contributed by atoms with Gasteiger partial charge in [-0.05, 0) is 50.2 Å². The Morgan fingerprint density at radius 2 is 1.76 bits per heavy atom. The van der Waals surface area contributed by atoms with Gasteiger partial charge in [-0.2, -0.15) is 0 Å². The number of benzene rings is 1. The van der Waals surface area contributed by atoms with Crippen LogP contribution in [0.15, 0.2) is 61.1 Å². The van der Waals surface area contributed by atoms with E-state index in [0.29, 0.717) is 11.6 Å². The van der Waals surface area contributed by atoms with Gasteiger partial charge in [-0.15, -0.1) is 10.2 Å². The van der Waals surface area contributed by atoms with Crippen LogP contribution in [0.2, 0.25) is 0 Å². The van der Waals surface area contributed by atoms with Gasteiger partial charge in [-0.25, -0.2) is 15.0 Å². The zero-order valence-corrected chi connectivity index (χ0v) is 16.0. The van der Waals surface area contributed by atoms with E-state index in [1.807, 2.05) is 52.5 Å². The minimum absolute atomic E-state index is 0.422. The van der Waals surface area contributed by atoms with Gasteiger partial charge in [0.15, 0.2) is 11.5 Å². The van der Waals surface area contributed by atoms with Crippen molar-refractivity contribution in [2.45, 2.75) is 13.8 Å². The lowest BCUT2D eigenvalue weighted by Crippen LogP contribution is -2.03. The molecule has 0 aliphatic heterocycles. The van der Waals surface area contributed by atoms with E-state index in [-0.39, 0.29) is 0 Å². The summed E-state index contributed by atoms with van der Waals surface area (Å²) in [6, 6.07) is 15.8. The zero-order chi connectivity index (χ0) is 20.0. The first-order valence-corrected chi connectivity index (χ1v) is 9.16. The predicted molar refractivity (Wildman–Crippen MR) is 111 cm³/mol. The van der Waals surface area contributed by atoms with Crippen molar-refractivity contribution in [2.24, 2.45) is 0 Å². The van der Waals surface area contributed by atoms with Crippen molar-refractivity contribution in [2.75, 3.05) is 5.73 Å². The fourth-order valence-corrected chi connectivity index (χ4v) is 3.32. The van der Waals surface area contributed by atoms with E-state index in [1.165, 1.54) is 5.56 Å². The summed E-state index contributed by atoms with van der Waals surface area (Å²) in [6.07, 6.45) is 3.32. The highest BCUT2D eigenvalue weighted by Gasteiger charge is 2.18. The van der Waals surface area contributed by atoms with Crippen LogP contribution in [0.1, 0.15) is 11.4 Å². The highest BCUT2D eigenvalue weighted by atomic mass is 15.3. The summed E-state index contributed by atoms with van der Waals surface area (Å²) in [5.74, 6) is 2.60. The zero-order valence-electron chi connectivity index (χ0n) is 16.0. The Balaban J connectivity index is 1.83. The monoisotopic (exact) mass is 382 g/mol. The van der Waals surface area contributed by atoms with E-state index in [2.05, 4.69) is 34.2 Å². The summed E-state index contributed by atoms with van der Waals surface area (Å²) in [5.41, 5.74) is 10.5. The Bertz CT molecular complexity index is 1330. The molecule has 0 fully saturated rings. The molecule has 8 nitrogen and oxygen atoms in total. The summed E-state index contributed by atoms with van der Waals surface area (Å²) < 4.78 is 3.84. The fraction of sp³-hybridized carbons (Fsp3) is 0.0952. The Kier molecular flexibility index (Phi) is 3.83. The normalized spacial score (nSPS) is 11.2. The Morgan fingerprint density at radius 3 is 2.48 bits per heavy atom. The number of anilines is 1. The van der Waals surface area contributed by atoms with E-state index >= 15 is 0 Å². The largest absolute Gasteiger partial charge is 0.383 e. The molecule has 4 heterocycles. The molecular formula is C21H18N8. The average Bonchev–Trinajstić information content (AvgIpc) is 3.32. The highest BCUT2D eigenvalue weighted by molar-refractivity contribution is 5.83. The lowest BCUT2D eigenvalue weighted by Gasteiger charge is -2.11. The van der Waals surface area contributed by atoms with Crippen LogP contribution in [0, 0.1) is 13.8 Å². The van der Waals surface area contributed by atoms with Crippen LogP contribution in [0.4, 0.5) is 5.82 Å². The first kappa shape index (κ1) is 17.1. The smallest absolute Gasteiger partial charge is 0.167 e. The van der Waals surface area contributed by atoms with Crippen molar-refractivity contribution < 1.29 is 0 Å². The highest BCUT2D eigenvalue weighted by Crippen LogP contribution is 2.30. The van der Waals surface area contributed by atoms with Crippen molar-refractivity contribution in [1.82, 2.24) is 34.3 Å². The van der Waals surface area contributed by atoms with Gasteiger partial charge in [-0.3, -0.25) is 9.13 Å². The number of nitrogens with zero attached hydrogens (tertiary/aromatic N) is 7. The Morgan fingerprint density at radius 1 is 0.931 bits per heavy atom. The minimum atomic E-state index is 0.422. The number of fused-ring (bicyclic) bond motifs is 1. The molecule has 2 N–H and O–H groups in total. The second-order valence-electron chi connectivity index (χ2n) is 6.80. The van der Waals surface area contributed by atoms with Crippen LogP contribution >= 0.6 is 0 Å². The van der Waals surface area contributed by atoms with Gasteiger partial charge < -0.3 is 5.73 Å². The van der Waals surface area contributed by atoms with E-state index in [0.717, 1.165) is 34.1 Å². The SMILES string of the molecule is Cc1ccc(-n2c(-c3cccnc3N)nc3ccc(-n4cnnc4C)nc32)cc1. The number of rotatable bonds is 3. The first-order valence-electron chi connectivity index (χ1n) is 9.16. The molecule has 142 valence electrons. The third-order valence-electron chi connectivity index (χ3n) is 4.83. The number of hydrogen-bond donors (Lipinski definition) is 1. The van der Waals surface area contributed by atoms with Crippen molar-refractivity contribution in [3.05, 3.63) is 72.4 Å². The van der Waals surface area contributed by atoms with Crippen LogP contribution in [0.25, 0.3) is 34.1 Å². The predicted octanol–water partition coefficient (Wildman–Crippen LogP) is 3.26. The standard InChI is InChI=1S/C21H18N8/c1-13-5-7-15(8-6-13)29-20(16-4-3-11-23-19(16)22)25-17-9-10-18(26-21(17)29)28-12-24-27-14(28)2/h3-12H,1-2H3,(H2,22,23). The maximum Gasteiger partial charge on any atom is 0.167 e. The molecule has 0 atom stereocenters. The van der Waals surface area contributed by atoms with Crippen molar-refractivity contribution in [1.29, 1.82) is 0 Å². The lowest BCUT2D eigenvalue weighted by molar-refractivity contribution is 0.932. The Labute approximate surface area is 166 Å². The van der Waals surface area contributed by atoms with Gasteiger partial charge in [0.05, 0.1) is 5.56 Å². The minimum Gasteiger partial charge on any atom is -0.383 e. The lowest BCUT2D eigenvalue weighted by atomic mass is 10.2. The molecule has 0 saturated heterocycles.